The lowest BCUT2D eigenvalue weighted by molar-refractivity contribution is -0.121. The molecular formula is C19H21N5O2. The summed E-state index contributed by atoms with van der Waals surface area (Å²) in [7, 11) is 0. The molecule has 0 bridgehead atoms. The fourth-order valence-corrected chi connectivity index (χ4v) is 3.35. The number of anilines is 1. The van der Waals surface area contributed by atoms with Crippen LogP contribution in [0, 0.1) is 5.92 Å². The van der Waals surface area contributed by atoms with Crippen LogP contribution >= 0.6 is 0 Å². The van der Waals surface area contributed by atoms with Gasteiger partial charge < -0.3 is 9.84 Å². The van der Waals surface area contributed by atoms with Crippen molar-refractivity contribution in [3.05, 3.63) is 60.7 Å². The molecule has 1 N–H and O–H groups in total. The van der Waals surface area contributed by atoms with Gasteiger partial charge in [0, 0.05) is 37.2 Å². The Morgan fingerprint density at radius 2 is 2.27 bits per heavy atom. The molecule has 1 fully saturated rings. The van der Waals surface area contributed by atoms with Gasteiger partial charge in [-0.05, 0) is 43.7 Å². The number of piperidine rings is 1. The van der Waals surface area contributed by atoms with Crippen molar-refractivity contribution >= 4 is 11.6 Å². The molecule has 1 aliphatic heterocycles. The van der Waals surface area contributed by atoms with Crippen LogP contribution in [0.15, 0.2) is 59.6 Å². The first-order valence-electron chi connectivity index (χ1n) is 8.80. The summed E-state index contributed by atoms with van der Waals surface area (Å²) in [6, 6.07) is 11.5. The van der Waals surface area contributed by atoms with Gasteiger partial charge in [0.25, 0.3) is 0 Å². The minimum Gasteiger partial charge on any atom is -0.364 e. The molecule has 0 spiro atoms. The summed E-state index contributed by atoms with van der Waals surface area (Å²) in [6.07, 6.45) is 7.10. The Balaban J connectivity index is 1.39. The first kappa shape index (κ1) is 16.5. The smallest absolute Gasteiger partial charge is 0.228 e. The second-order valence-corrected chi connectivity index (χ2v) is 6.56. The van der Waals surface area contributed by atoms with Crippen LogP contribution in [0.4, 0.5) is 5.69 Å². The number of hydrogen-bond donors (Lipinski definition) is 1. The molecule has 134 valence electrons. The minimum absolute atomic E-state index is 0.0241. The van der Waals surface area contributed by atoms with E-state index >= 15 is 0 Å². The number of aromatic nitrogens is 3. The summed E-state index contributed by atoms with van der Waals surface area (Å²) in [5, 5.41) is 11.2. The van der Waals surface area contributed by atoms with Crippen molar-refractivity contribution in [3.8, 4) is 5.69 Å². The highest BCUT2D eigenvalue weighted by molar-refractivity contribution is 5.93. The van der Waals surface area contributed by atoms with Crippen LogP contribution in [-0.4, -0.2) is 38.8 Å². The van der Waals surface area contributed by atoms with Crippen LogP contribution in [0.5, 0.6) is 0 Å². The molecule has 3 aromatic rings. The van der Waals surface area contributed by atoms with Crippen molar-refractivity contribution in [1.29, 1.82) is 0 Å². The molecule has 0 aliphatic carbocycles. The number of likely N-dealkylation sites (tertiary alicyclic amines) is 1. The first-order chi connectivity index (χ1) is 12.8. The van der Waals surface area contributed by atoms with Gasteiger partial charge in [-0.15, -0.1) is 0 Å². The zero-order valence-corrected chi connectivity index (χ0v) is 14.4. The summed E-state index contributed by atoms with van der Waals surface area (Å²) in [5.41, 5.74) is 2.61. The Bertz CT molecular complexity index is 845. The highest BCUT2D eigenvalue weighted by Gasteiger charge is 2.26. The predicted octanol–water partition coefficient (Wildman–Crippen LogP) is 2.71. The van der Waals surface area contributed by atoms with E-state index in [1.54, 1.807) is 17.1 Å². The lowest BCUT2D eigenvalue weighted by Crippen LogP contribution is -2.40. The van der Waals surface area contributed by atoms with E-state index in [-0.39, 0.29) is 11.8 Å². The molecule has 1 aliphatic rings. The van der Waals surface area contributed by atoms with Gasteiger partial charge >= 0.3 is 0 Å². The number of benzene rings is 1. The molecule has 0 saturated carbocycles. The fraction of sp³-hybridized carbons (Fsp3) is 0.316. The zero-order valence-electron chi connectivity index (χ0n) is 14.4. The Labute approximate surface area is 151 Å². The number of hydrogen-bond acceptors (Lipinski definition) is 5. The number of nitrogens with one attached hydrogen (secondary N) is 1. The van der Waals surface area contributed by atoms with Crippen molar-refractivity contribution in [1.82, 2.24) is 19.8 Å². The molecule has 7 heteroatoms. The van der Waals surface area contributed by atoms with Gasteiger partial charge in [0.2, 0.25) is 5.91 Å². The number of rotatable bonds is 5. The van der Waals surface area contributed by atoms with E-state index in [0.29, 0.717) is 0 Å². The van der Waals surface area contributed by atoms with E-state index in [0.717, 1.165) is 49.5 Å². The summed E-state index contributed by atoms with van der Waals surface area (Å²) in [4.78, 5) is 15.0. The standard InChI is InChI=1S/C19H21N5O2/c25-19(15-4-2-9-23(13-15)14-17-7-11-26-22-17)21-16-5-1-6-18(12-16)24-10-3-8-20-24/h1,3,5-8,10-12,15H,2,4,9,13-14H2,(H,21,25)/t15-/m1/s1. The maximum atomic E-state index is 12.7. The van der Waals surface area contributed by atoms with Crippen molar-refractivity contribution in [2.75, 3.05) is 18.4 Å². The van der Waals surface area contributed by atoms with Crippen molar-refractivity contribution in [3.63, 3.8) is 0 Å². The summed E-state index contributed by atoms with van der Waals surface area (Å²) < 4.78 is 6.66. The van der Waals surface area contributed by atoms with Crippen LogP contribution in [0.3, 0.4) is 0 Å². The molecule has 7 nitrogen and oxygen atoms in total. The molecule has 4 rings (SSSR count). The molecule has 1 saturated heterocycles. The van der Waals surface area contributed by atoms with Crippen LogP contribution in [0.1, 0.15) is 18.5 Å². The molecule has 26 heavy (non-hydrogen) atoms. The van der Waals surface area contributed by atoms with E-state index in [1.807, 2.05) is 42.6 Å². The third-order valence-electron chi connectivity index (χ3n) is 4.64. The van der Waals surface area contributed by atoms with Gasteiger partial charge in [-0.1, -0.05) is 11.2 Å². The van der Waals surface area contributed by atoms with Crippen LogP contribution in [-0.2, 0) is 11.3 Å². The van der Waals surface area contributed by atoms with Crippen molar-refractivity contribution < 1.29 is 9.32 Å². The van der Waals surface area contributed by atoms with Gasteiger partial charge in [-0.25, -0.2) is 4.68 Å². The maximum absolute atomic E-state index is 12.7. The van der Waals surface area contributed by atoms with E-state index < -0.39 is 0 Å². The van der Waals surface area contributed by atoms with Gasteiger partial charge in [-0.2, -0.15) is 5.10 Å². The van der Waals surface area contributed by atoms with Gasteiger partial charge in [0.1, 0.15) is 6.26 Å². The Kier molecular flexibility index (Phi) is 4.79. The predicted molar refractivity (Wildman–Crippen MR) is 96.7 cm³/mol. The van der Waals surface area contributed by atoms with Gasteiger partial charge in [0.15, 0.2) is 0 Å². The third kappa shape index (κ3) is 3.83. The fourth-order valence-electron chi connectivity index (χ4n) is 3.35. The molecule has 3 heterocycles. The van der Waals surface area contributed by atoms with Crippen LogP contribution < -0.4 is 5.32 Å². The third-order valence-corrected chi connectivity index (χ3v) is 4.64. The summed E-state index contributed by atoms with van der Waals surface area (Å²) in [5.74, 6) is 0.0384. The SMILES string of the molecule is O=C(Nc1cccc(-n2cccn2)c1)[C@@H]1CCCN(Cc2ccon2)C1. The van der Waals surface area contributed by atoms with Crippen molar-refractivity contribution in [2.45, 2.75) is 19.4 Å². The molecule has 0 radical (unpaired) electrons. The normalized spacial score (nSPS) is 17.9. The second-order valence-electron chi connectivity index (χ2n) is 6.56. The van der Waals surface area contributed by atoms with Gasteiger partial charge in [-0.3, -0.25) is 9.69 Å². The van der Waals surface area contributed by atoms with Crippen LogP contribution in [0.2, 0.25) is 0 Å². The van der Waals surface area contributed by atoms with E-state index in [2.05, 4.69) is 20.5 Å². The zero-order chi connectivity index (χ0) is 17.8. The molecular weight excluding hydrogens is 330 g/mol. The number of nitrogens with zero attached hydrogens (tertiary/aromatic N) is 4. The summed E-state index contributed by atoms with van der Waals surface area (Å²) >= 11 is 0. The number of carbonyl (C=O) groups excluding carboxylic acids is 1. The molecule has 1 aromatic carbocycles. The highest BCUT2D eigenvalue weighted by Crippen LogP contribution is 2.21. The highest BCUT2D eigenvalue weighted by atomic mass is 16.5. The van der Waals surface area contributed by atoms with Crippen LogP contribution in [0.25, 0.3) is 5.69 Å². The Morgan fingerprint density at radius 3 is 3.08 bits per heavy atom. The second kappa shape index (κ2) is 7.53. The van der Waals surface area contributed by atoms with Crippen molar-refractivity contribution in [2.24, 2.45) is 5.92 Å². The first-order valence-corrected chi connectivity index (χ1v) is 8.80. The average molecular weight is 351 g/mol. The van der Waals surface area contributed by atoms with E-state index in [1.165, 1.54) is 0 Å². The molecule has 0 unspecified atom stereocenters. The Hall–Kier alpha value is -2.93. The quantitative estimate of drug-likeness (QED) is 0.765. The number of carbonyl (C=O) groups is 1. The molecule has 1 amide bonds. The largest absolute Gasteiger partial charge is 0.364 e. The Morgan fingerprint density at radius 1 is 1.31 bits per heavy atom. The number of amides is 1. The lowest BCUT2D eigenvalue weighted by Gasteiger charge is -2.31. The van der Waals surface area contributed by atoms with E-state index in [4.69, 9.17) is 4.52 Å². The molecule has 1 atom stereocenters. The van der Waals surface area contributed by atoms with Gasteiger partial charge in [0.05, 0.1) is 17.3 Å². The average Bonchev–Trinajstić information content (AvgIpc) is 3.36. The lowest BCUT2D eigenvalue weighted by atomic mass is 9.97. The summed E-state index contributed by atoms with van der Waals surface area (Å²) in [6.45, 7) is 2.43. The molecule has 2 aromatic heterocycles. The minimum atomic E-state index is -0.0241. The maximum Gasteiger partial charge on any atom is 0.228 e. The monoisotopic (exact) mass is 351 g/mol. The topological polar surface area (TPSA) is 76.2 Å². The van der Waals surface area contributed by atoms with E-state index in [9.17, 15) is 4.79 Å².